The predicted molar refractivity (Wildman–Crippen MR) is 61.5 cm³/mol. The average Bonchev–Trinajstić information content (AvgIpc) is 2.27. The number of carboxylic acid groups (broad SMARTS) is 1. The molecule has 1 rings (SSSR count). The van der Waals surface area contributed by atoms with Crippen molar-refractivity contribution in [2.45, 2.75) is 29.8 Å². The third-order valence-electron chi connectivity index (χ3n) is 2.14. The molecule has 0 aliphatic rings. The van der Waals surface area contributed by atoms with E-state index in [1.165, 1.54) is 13.8 Å². The van der Waals surface area contributed by atoms with Crippen molar-refractivity contribution < 1.29 is 23.1 Å². The summed E-state index contributed by atoms with van der Waals surface area (Å²) in [5.74, 6) is -1.21. The number of nitriles is 1. The summed E-state index contributed by atoms with van der Waals surface area (Å²) in [6, 6.07) is 3.37. The molecule has 1 N–H and O–H groups in total. The van der Waals surface area contributed by atoms with E-state index in [0.717, 1.165) is 6.07 Å². The van der Waals surface area contributed by atoms with Gasteiger partial charge < -0.3 is 5.11 Å². The van der Waals surface area contributed by atoms with Crippen molar-refractivity contribution in [2.24, 2.45) is 0 Å². The second-order valence-corrected chi connectivity index (χ2v) is 5.69. The highest BCUT2D eigenvalue weighted by molar-refractivity contribution is 8.01. The van der Waals surface area contributed by atoms with E-state index < -0.39 is 22.6 Å². The van der Waals surface area contributed by atoms with E-state index in [4.69, 9.17) is 10.4 Å². The molecule has 0 spiro atoms. The first kappa shape index (κ1) is 15.3. The molecule has 1 aromatic rings. The van der Waals surface area contributed by atoms with E-state index in [2.05, 4.69) is 4.98 Å². The van der Waals surface area contributed by atoms with Gasteiger partial charge in [-0.15, -0.1) is 0 Å². The lowest BCUT2D eigenvalue weighted by Crippen LogP contribution is -2.27. The van der Waals surface area contributed by atoms with E-state index in [0.29, 0.717) is 17.8 Å². The number of rotatable bonds is 3. The van der Waals surface area contributed by atoms with Crippen LogP contribution in [0, 0.1) is 11.3 Å². The van der Waals surface area contributed by atoms with Gasteiger partial charge in [0.2, 0.25) is 0 Å². The van der Waals surface area contributed by atoms with Crippen molar-refractivity contribution >= 4 is 17.7 Å². The van der Waals surface area contributed by atoms with E-state index in [9.17, 15) is 18.0 Å². The third-order valence-corrected chi connectivity index (χ3v) is 3.33. The molecule has 1 heterocycles. The molecule has 0 fully saturated rings. The van der Waals surface area contributed by atoms with E-state index in [-0.39, 0.29) is 10.6 Å². The Bertz CT molecular complexity index is 550. The van der Waals surface area contributed by atoms with Gasteiger partial charge in [-0.3, -0.25) is 4.79 Å². The summed E-state index contributed by atoms with van der Waals surface area (Å²) in [5, 5.41) is 17.5. The maximum absolute atomic E-state index is 12.5. The normalized spacial score (nSPS) is 12.0. The molecule has 1 aromatic heterocycles. The first-order valence-electron chi connectivity index (χ1n) is 4.98. The van der Waals surface area contributed by atoms with Crippen molar-refractivity contribution in [1.82, 2.24) is 4.98 Å². The zero-order valence-electron chi connectivity index (χ0n) is 9.95. The second-order valence-electron chi connectivity index (χ2n) is 4.08. The lowest BCUT2D eigenvalue weighted by Gasteiger charge is -2.19. The molecule has 0 saturated heterocycles. The van der Waals surface area contributed by atoms with E-state index in [1.54, 1.807) is 6.07 Å². The molecule has 0 bridgehead atoms. The largest absolute Gasteiger partial charge is 0.480 e. The molecule has 0 atom stereocenters. The molecule has 0 amide bonds. The standard InChI is InChI=1S/C11H9F3N2O2S/c1-10(2,9(17)18)19-8-6(5-15)3-4-7(16-8)11(12,13)14/h3-4H,1-2H3,(H,17,18). The van der Waals surface area contributed by atoms with E-state index in [1.807, 2.05) is 0 Å². The molecule has 19 heavy (non-hydrogen) atoms. The first-order chi connectivity index (χ1) is 8.58. The van der Waals surface area contributed by atoms with Crippen LogP contribution in [0.2, 0.25) is 0 Å². The van der Waals surface area contributed by atoms with Crippen molar-refractivity contribution in [1.29, 1.82) is 5.26 Å². The molecule has 0 aliphatic carbocycles. The lowest BCUT2D eigenvalue weighted by atomic mass is 10.2. The van der Waals surface area contributed by atoms with Crippen LogP contribution < -0.4 is 0 Å². The van der Waals surface area contributed by atoms with Crippen molar-refractivity contribution in [3.05, 3.63) is 23.4 Å². The van der Waals surface area contributed by atoms with Crippen LogP contribution >= 0.6 is 11.8 Å². The molecule has 0 unspecified atom stereocenters. The highest BCUT2D eigenvalue weighted by Gasteiger charge is 2.35. The van der Waals surface area contributed by atoms with Gasteiger partial charge >= 0.3 is 12.1 Å². The van der Waals surface area contributed by atoms with Gasteiger partial charge in [0.1, 0.15) is 21.5 Å². The summed E-state index contributed by atoms with van der Waals surface area (Å²) >= 11 is 0.602. The molecule has 0 radical (unpaired) electrons. The number of aliphatic carboxylic acids is 1. The summed E-state index contributed by atoms with van der Waals surface area (Å²) in [6.07, 6.45) is -4.64. The summed E-state index contributed by atoms with van der Waals surface area (Å²) < 4.78 is 36.2. The Labute approximate surface area is 111 Å². The summed E-state index contributed by atoms with van der Waals surface area (Å²) in [7, 11) is 0. The van der Waals surface area contributed by atoms with Gasteiger partial charge in [-0.05, 0) is 26.0 Å². The Morgan fingerprint density at radius 2 is 2.00 bits per heavy atom. The number of carboxylic acids is 1. The minimum atomic E-state index is -4.64. The maximum atomic E-state index is 12.5. The number of carbonyl (C=O) groups is 1. The maximum Gasteiger partial charge on any atom is 0.433 e. The SMILES string of the molecule is CC(C)(Sc1nc(C(F)(F)F)ccc1C#N)C(=O)O. The highest BCUT2D eigenvalue weighted by Crippen LogP contribution is 2.36. The van der Waals surface area contributed by atoms with Crippen LogP contribution in [0.15, 0.2) is 17.2 Å². The first-order valence-corrected chi connectivity index (χ1v) is 5.80. The Kier molecular flexibility index (Phi) is 4.10. The quantitative estimate of drug-likeness (QED) is 0.866. The summed E-state index contributed by atoms with van der Waals surface area (Å²) in [5.41, 5.74) is -1.25. The van der Waals surface area contributed by atoms with Crippen LogP contribution in [0.3, 0.4) is 0 Å². The lowest BCUT2D eigenvalue weighted by molar-refractivity contribution is -0.141. The molecule has 0 aromatic carbocycles. The van der Waals surface area contributed by atoms with Crippen LogP contribution in [-0.2, 0) is 11.0 Å². The summed E-state index contributed by atoms with van der Waals surface area (Å²) in [4.78, 5) is 14.3. The number of aromatic nitrogens is 1. The fourth-order valence-electron chi connectivity index (χ4n) is 1.05. The number of halogens is 3. The van der Waals surface area contributed by atoms with Gasteiger partial charge in [-0.2, -0.15) is 18.4 Å². The Balaban J connectivity index is 3.26. The fraction of sp³-hybridized carbons (Fsp3) is 0.364. The van der Waals surface area contributed by atoms with Crippen LogP contribution in [-0.4, -0.2) is 20.8 Å². The predicted octanol–water partition coefficient (Wildman–Crippen LogP) is 2.93. The van der Waals surface area contributed by atoms with Crippen molar-refractivity contribution in [3.63, 3.8) is 0 Å². The second kappa shape index (κ2) is 5.09. The highest BCUT2D eigenvalue weighted by atomic mass is 32.2. The molecule has 0 saturated carbocycles. The van der Waals surface area contributed by atoms with Gasteiger partial charge in [0, 0.05) is 0 Å². The van der Waals surface area contributed by atoms with Gasteiger partial charge in [-0.1, -0.05) is 11.8 Å². The zero-order chi connectivity index (χ0) is 14.8. The molecule has 0 aliphatic heterocycles. The summed E-state index contributed by atoms with van der Waals surface area (Å²) in [6.45, 7) is 2.65. The molecular weight excluding hydrogens is 281 g/mol. The smallest absolute Gasteiger partial charge is 0.433 e. The number of thioether (sulfide) groups is 1. The van der Waals surface area contributed by atoms with E-state index >= 15 is 0 Å². The molecular formula is C11H9F3N2O2S. The number of hydrogen-bond acceptors (Lipinski definition) is 4. The van der Waals surface area contributed by atoms with Crippen LogP contribution in [0.25, 0.3) is 0 Å². The van der Waals surface area contributed by atoms with Crippen molar-refractivity contribution in [2.75, 3.05) is 0 Å². The minimum absolute atomic E-state index is 0.0904. The number of pyridine rings is 1. The van der Waals surface area contributed by atoms with Gasteiger partial charge in [-0.25, -0.2) is 4.98 Å². The Morgan fingerprint density at radius 3 is 2.42 bits per heavy atom. The topological polar surface area (TPSA) is 74.0 Å². The minimum Gasteiger partial charge on any atom is -0.480 e. The Hall–Kier alpha value is -1.75. The molecule has 8 heteroatoms. The third kappa shape index (κ3) is 3.61. The van der Waals surface area contributed by atoms with Gasteiger partial charge in [0.15, 0.2) is 0 Å². The van der Waals surface area contributed by atoms with Gasteiger partial charge in [0.05, 0.1) is 5.56 Å². The monoisotopic (exact) mass is 290 g/mol. The van der Waals surface area contributed by atoms with Crippen LogP contribution in [0.5, 0.6) is 0 Å². The van der Waals surface area contributed by atoms with Crippen molar-refractivity contribution in [3.8, 4) is 6.07 Å². The van der Waals surface area contributed by atoms with Crippen LogP contribution in [0.4, 0.5) is 13.2 Å². The Morgan fingerprint density at radius 1 is 1.42 bits per heavy atom. The number of nitrogens with zero attached hydrogens (tertiary/aromatic N) is 2. The number of alkyl halides is 3. The average molecular weight is 290 g/mol. The molecule has 102 valence electrons. The number of hydrogen-bond donors (Lipinski definition) is 1. The van der Waals surface area contributed by atoms with Gasteiger partial charge in [0.25, 0.3) is 0 Å². The molecule has 4 nitrogen and oxygen atoms in total. The zero-order valence-corrected chi connectivity index (χ0v) is 10.8. The fourth-order valence-corrected chi connectivity index (χ4v) is 1.98. The van der Waals surface area contributed by atoms with Crippen LogP contribution in [0.1, 0.15) is 25.1 Å².